The first-order chi connectivity index (χ1) is 14.8. The Kier molecular flexibility index (Phi) is 5.71. The minimum atomic E-state index is -4.49. The summed E-state index contributed by atoms with van der Waals surface area (Å²) in [6, 6.07) is 8.35. The molecule has 1 amide bonds. The van der Waals surface area contributed by atoms with Crippen molar-refractivity contribution in [3.05, 3.63) is 77.6 Å². The van der Waals surface area contributed by atoms with E-state index in [-0.39, 0.29) is 11.5 Å². The molecule has 1 aliphatic heterocycles. The van der Waals surface area contributed by atoms with Gasteiger partial charge in [0.15, 0.2) is 0 Å². The minimum Gasteiger partial charge on any atom is -0.338 e. The van der Waals surface area contributed by atoms with Gasteiger partial charge in [0.25, 0.3) is 5.91 Å². The van der Waals surface area contributed by atoms with E-state index >= 15 is 0 Å². The molecule has 3 heterocycles. The fourth-order valence-corrected chi connectivity index (χ4v) is 3.95. The van der Waals surface area contributed by atoms with Crippen LogP contribution in [0.2, 0.25) is 0 Å². The van der Waals surface area contributed by atoms with Gasteiger partial charge in [-0.05, 0) is 55.7 Å². The Hall–Kier alpha value is -3.29. The third-order valence-corrected chi connectivity index (χ3v) is 5.46. The molecule has 0 saturated carbocycles. The van der Waals surface area contributed by atoms with Crippen LogP contribution in [0, 0.1) is 6.92 Å². The van der Waals surface area contributed by atoms with Crippen molar-refractivity contribution < 1.29 is 18.0 Å². The Morgan fingerprint density at radius 1 is 1.16 bits per heavy atom. The fraction of sp³-hybridized carbons (Fsp3) is 0.304. The van der Waals surface area contributed by atoms with Crippen molar-refractivity contribution in [3.8, 4) is 11.1 Å². The molecule has 1 atom stereocenters. The fourth-order valence-electron chi connectivity index (χ4n) is 3.95. The van der Waals surface area contributed by atoms with Gasteiger partial charge < -0.3 is 4.90 Å². The number of hydrogen-bond donors (Lipinski definition) is 0. The lowest BCUT2D eigenvalue weighted by Gasteiger charge is -2.33. The van der Waals surface area contributed by atoms with E-state index in [1.165, 1.54) is 12.1 Å². The van der Waals surface area contributed by atoms with E-state index in [4.69, 9.17) is 0 Å². The molecule has 8 heteroatoms. The van der Waals surface area contributed by atoms with Crippen molar-refractivity contribution in [1.82, 2.24) is 19.9 Å². The molecule has 0 radical (unpaired) electrons. The highest BCUT2D eigenvalue weighted by molar-refractivity contribution is 5.94. The van der Waals surface area contributed by atoms with Gasteiger partial charge >= 0.3 is 6.18 Å². The number of halogens is 3. The van der Waals surface area contributed by atoms with Crippen molar-refractivity contribution in [2.45, 2.75) is 31.9 Å². The lowest BCUT2D eigenvalue weighted by molar-refractivity contribution is -0.137. The molecule has 0 N–H and O–H groups in total. The Balaban J connectivity index is 1.62. The summed E-state index contributed by atoms with van der Waals surface area (Å²) < 4.78 is 39.2. The number of rotatable bonds is 3. The lowest BCUT2D eigenvalue weighted by Crippen LogP contribution is -2.39. The summed E-state index contributed by atoms with van der Waals surface area (Å²) in [6.45, 7) is 2.71. The summed E-state index contributed by atoms with van der Waals surface area (Å²) >= 11 is 0. The molecule has 160 valence electrons. The van der Waals surface area contributed by atoms with Crippen molar-refractivity contribution in [1.29, 1.82) is 0 Å². The average Bonchev–Trinajstić information content (AvgIpc) is 2.79. The zero-order valence-corrected chi connectivity index (χ0v) is 16.9. The number of hydrogen-bond acceptors (Lipinski definition) is 4. The van der Waals surface area contributed by atoms with Crippen LogP contribution in [0.4, 0.5) is 13.2 Å². The molecule has 4 rings (SSSR count). The second kappa shape index (κ2) is 8.45. The number of carbonyl (C=O) groups is 1. The quantitative estimate of drug-likeness (QED) is 0.599. The SMILES string of the molecule is Cc1ncc(-c2ccncc2)c(C2CCCN(C(=O)c3cccc(C(F)(F)F)c3)C2)n1. The van der Waals surface area contributed by atoms with E-state index < -0.39 is 17.6 Å². The predicted octanol–water partition coefficient (Wildman–Crippen LogP) is 4.89. The molecule has 0 aliphatic carbocycles. The summed E-state index contributed by atoms with van der Waals surface area (Å²) in [5.74, 6) is 0.203. The smallest absolute Gasteiger partial charge is 0.338 e. The van der Waals surface area contributed by atoms with Crippen LogP contribution in [-0.2, 0) is 6.18 Å². The lowest BCUT2D eigenvalue weighted by atomic mass is 9.89. The standard InChI is InChI=1S/C23H21F3N4O/c1-15-28-13-20(16-7-9-27-10-8-16)21(29-15)18-5-3-11-30(14-18)22(31)17-4-2-6-19(12-17)23(24,25)26/h2,4,6-10,12-13,18H,3,5,11,14H2,1H3. The van der Waals surface area contributed by atoms with Crippen molar-refractivity contribution in [3.63, 3.8) is 0 Å². The predicted molar refractivity (Wildman–Crippen MR) is 109 cm³/mol. The van der Waals surface area contributed by atoms with Gasteiger partial charge in [-0.25, -0.2) is 9.97 Å². The zero-order chi connectivity index (χ0) is 22.0. The first-order valence-corrected chi connectivity index (χ1v) is 10.0. The van der Waals surface area contributed by atoms with Crippen LogP contribution in [0.25, 0.3) is 11.1 Å². The van der Waals surface area contributed by atoms with Gasteiger partial charge in [-0.1, -0.05) is 6.07 Å². The van der Waals surface area contributed by atoms with Crippen LogP contribution in [0.5, 0.6) is 0 Å². The normalized spacial score (nSPS) is 16.9. The van der Waals surface area contributed by atoms with E-state index in [1.54, 1.807) is 23.5 Å². The van der Waals surface area contributed by atoms with Gasteiger partial charge in [0.05, 0.1) is 11.3 Å². The maximum Gasteiger partial charge on any atom is 0.416 e. The van der Waals surface area contributed by atoms with Crippen LogP contribution in [0.1, 0.15) is 46.2 Å². The van der Waals surface area contributed by atoms with Gasteiger partial charge in [-0.3, -0.25) is 9.78 Å². The first kappa shape index (κ1) is 21.0. The third-order valence-electron chi connectivity index (χ3n) is 5.46. The van der Waals surface area contributed by atoms with Gasteiger partial charge in [0, 0.05) is 48.7 Å². The van der Waals surface area contributed by atoms with E-state index in [0.29, 0.717) is 18.9 Å². The van der Waals surface area contributed by atoms with Crippen LogP contribution >= 0.6 is 0 Å². The number of alkyl halides is 3. The number of pyridine rings is 1. The highest BCUT2D eigenvalue weighted by atomic mass is 19.4. The molecule has 31 heavy (non-hydrogen) atoms. The van der Waals surface area contributed by atoms with Gasteiger partial charge in [-0.2, -0.15) is 13.2 Å². The van der Waals surface area contributed by atoms with E-state index in [2.05, 4.69) is 15.0 Å². The molecule has 3 aromatic rings. The maximum atomic E-state index is 13.1. The average molecular weight is 426 g/mol. The van der Waals surface area contributed by atoms with Gasteiger partial charge in [-0.15, -0.1) is 0 Å². The summed E-state index contributed by atoms with van der Waals surface area (Å²) in [7, 11) is 0. The molecule has 2 aromatic heterocycles. The van der Waals surface area contributed by atoms with Gasteiger partial charge in [0.1, 0.15) is 5.82 Å². The molecule has 1 aliphatic rings. The van der Waals surface area contributed by atoms with Crippen LogP contribution in [0.15, 0.2) is 55.0 Å². The largest absolute Gasteiger partial charge is 0.416 e. The minimum absolute atomic E-state index is 0.0339. The number of piperidine rings is 1. The molecule has 5 nitrogen and oxygen atoms in total. The highest BCUT2D eigenvalue weighted by Crippen LogP contribution is 2.34. The van der Waals surface area contributed by atoms with Crippen molar-refractivity contribution in [2.24, 2.45) is 0 Å². The summed E-state index contributed by atoms with van der Waals surface area (Å²) in [5.41, 5.74) is 1.89. The third kappa shape index (κ3) is 4.57. The highest BCUT2D eigenvalue weighted by Gasteiger charge is 2.32. The summed E-state index contributed by atoms with van der Waals surface area (Å²) in [5, 5.41) is 0. The number of aromatic nitrogens is 3. The topological polar surface area (TPSA) is 59.0 Å². The second-order valence-corrected chi connectivity index (χ2v) is 7.62. The molecule has 1 saturated heterocycles. The molecular weight excluding hydrogens is 405 g/mol. The molecule has 1 unspecified atom stereocenters. The number of benzene rings is 1. The summed E-state index contributed by atoms with van der Waals surface area (Å²) in [6.07, 6.45) is 2.26. The molecule has 1 aromatic carbocycles. The Morgan fingerprint density at radius 3 is 2.68 bits per heavy atom. The van der Waals surface area contributed by atoms with Gasteiger partial charge in [0.2, 0.25) is 0 Å². The zero-order valence-electron chi connectivity index (χ0n) is 16.9. The molecular formula is C23H21F3N4O. The number of amides is 1. The van der Waals surface area contributed by atoms with Crippen LogP contribution < -0.4 is 0 Å². The number of aryl methyl sites for hydroxylation is 1. The van der Waals surface area contributed by atoms with Crippen molar-refractivity contribution >= 4 is 5.91 Å². The van der Waals surface area contributed by atoms with Crippen LogP contribution in [-0.4, -0.2) is 38.8 Å². The molecule has 0 spiro atoms. The van der Waals surface area contributed by atoms with Crippen LogP contribution in [0.3, 0.4) is 0 Å². The Labute approximate surface area is 178 Å². The molecule has 1 fully saturated rings. The first-order valence-electron chi connectivity index (χ1n) is 10.0. The number of nitrogens with zero attached hydrogens (tertiary/aromatic N) is 4. The number of carbonyl (C=O) groups excluding carboxylic acids is 1. The van der Waals surface area contributed by atoms with E-state index in [0.717, 1.165) is 41.8 Å². The van der Waals surface area contributed by atoms with Crippen molar-refractivity contribution in [2.75, 3.05) is 13.1 Å². The Morgan fingerprint density at radius 2 is 1.94 bits per heavy atom. The maximum absolute atomic E-state index is 13.1. The van der Waals surface area contributed by atoms with E-state index in [1.807, 2.05) is 19.1 Å². The Bertz CT molecular complexity index is 1090. The monoisotopic (exact) mass is 426 g/mol. The second-order valence-electron chi connectivity index (χ2n) is 7.62. The summed E-state index contributed by atoms with van der Waals surface area (Å²) in [4.78, 5) is 27.7. The number of likely N-dealkylation sites (tertiary alicyclic amines) is 1. The molecule has 0 bridgehead atoms. The van der Waals surface area contributed by atoms with E-state index in [9.17, 15) is 18.0 Å².